The summed E-state index contributed by atoms with van der Waals surface area (Å²) in [7, 11) is 0. The van der Waals surface area contributed by atoms with Crippen molar-refractivity contribution in [2.75, 3.05) is 0 Å². The van der Waals surface area contributed by atoms with E-state index in [1.165, 1.54) is 6.08 Å². The lowest BCUT2D eigenvalue weighted by molar-refractivity contribution is 0.481. The normalized spacial score (nSPS) is 16.2. The van der Waals surface area contributed by atoms with Crippen LogP contribution in [0.5, 0.6) is 0 Å². The van der Waals surface area contributed by atoms with Gasteiger partial charge in [-0.1, -0.05) is 19.9 Å². The Bertz CT molecular complexity index is 84.4. The number of allylic oxidation sites excluding steroid dienone is 2. The summed E-state index contributed by atoms with van der Waals surface area (Å²) in [6.07, 6.45) is 2.41. The largest absolute Gasteiger partial charge is 0.212 e. The van der Waals surface area contributed by atoms with Gasteiger partial charge in [-0.05, 0) is 13.3 Å². The minimum absolute atomic E-state index is 0.00694. The molecule has 0 aliphatic heterocycles. The van der Waals surface area contributed by atoms with E-state index in [4.69, 9.17) is 0 Å². The predicted molar refractivity (Wildman–Crippen MR) is 34.3 cm³/mol. The third-order valence-electron chi connectivity index (χ3n) is 1.36. The molecule has 1 atom stereocenters. The fourth-order valence-electron chi connectivity index (χ4n) is 0.480. The molecule has 0 heterocycles. The molecule has 1 heteroatoms. The van der Waals surface area contributed by atoms with E-state index >= 15 is 0 Å². The van der Waals surface area contributed by atoms with E-state index in [1.54, 1.807) is 6.92 Å². The van der Waals surface area contributed by atoms with Gasteiger partial charge in [-0.15, -0.1) is 0 Å². The zero-order valence-corrected chi connectivity index (χ0v) is 5.74. The van der Waals surface area contributed by atoms with Gasteiger partial charge in [0.05, 0.1) is 5.83 Å². The SMILES string of the molecule is C/C=C(/F)C(C)CC. The second kappa shape index (κ2) is 3.65. The lowest BCUT2D eigenvalue weighted by Crippen LogP contribution is -1.90. The van der Waals surface area contributed by atoms with Gasteiger partial charge in [0.2, 0.25) is 0 Å². The van der Waals surface area contributed by atoms with Crippen LogP contribution < -0.4 is 0 Å². The van der Waals surface area contributed by atoms with E-state index in [1.807, 2.05) is 13.8 Å². The molecular formula is C7H13F. The second-order valence-electron chi connectivity index (χ2n) is 1.98. The standard InChI is InChI=1S/C7H13F/c1-4-6(3)7(8)5-2/h5-6H,4H2,1-3H3/b7-5+. The van der Waals surface area contributed by atoms with Crippen LogP contribution >= 0.6 is 0 Å². The summed E-state index contributed by atoms with van der Waals surface area (Å²) in [4.78, 5) is 0. The molecule has 0 spiro atoms. The highest BCUT2D eigenvalue weighted by Gasteiger charge is 2.01. The Balaban J connectivity index is 3.63. The zero-order valence-electron chi connectivity index (χ0n) is 5.74. The van der Waals surface area contributed by atoms with E-state index in [0.29, 0.717) is 0 Å². The number of rotatable bonds is 2. The smallest absolute Gasteiger partial charge is 0.0985 e. The Hall–Kier alpha value is -0.330. The van der Waals surface area contributed by atoms with Crippen molar-refractivity contribution in [1.29, 1.82) is 0 Å². The summed E-state index contributed by atoms with van der Waals surface area (Å²) in [5, 5.41) is 0. The second-order valence-corrected chi connectivity index (χ2v) is 1.98. The average Bonchev–Trinajstić information content (AvgIpc) is 1.84. The quantitative estimate of drug-likeness (QED) is 0.520. The Labute approximate surface area is 50.4 Å². The highest BCUT2D eigenvalue weighted by molar-refractivity contribution is 4.92. The fraction of sp³-hybridized carbons (Fsp3) is 0.714. The molecule has 8 heavy (non-hydrogen) atoms. The van der Waals surface area contributed by atoms with Crippen molar-refractivity contribution in [2.24, 2.45) is 5.92 Å². The van der Waals surface area contributed by atoms with Crippen molar-refractivity contribution in [3.63, 3.8) is 0 Å². The van der Waals surface area contributed by atoms with Crippen molar-refractivity contribution in [3.8, 4) is 0 Å². The van der Waals surface area contributed by atoms with Crippen molar-refractivity contribution in [3.05, 3.63) is 11.9 Å². The van der Waals surface area contributed by atoms with Crippen LogP contribution in [0, 0.1) is 5.92 Å². The van der Waals surface area contributed by atoms with Crippen molar-refractivity contribution in [1.82, 2.24) is 0 Å². The molecule has 0 radical (unpaired) electrons. The van der Waals surface area contributed by atoms with Gasteiger partial charge in [0.1, 0.15) is 0 Å². The summed E-state index contributed by atoms with van der Waals surface area (Å²) < 4.78 is 12.4. The van der Waals surface area contributed by atoms with Crippen molar-refractivity contribution in [2.45, 2.75) is 27.2 Å². The molecule has 0 aromatic carbocycles. The number of hydrogen-bond donors (Lipinski definition) is 0. The van der Waals surface area contributed by atoms with E-state index in [-0.39, 0.29) is 11.7 Å². The minimum Gasteiger partial charge on any atom is -0.212 e. The maximum atomic E-state index is 12.4. The van der Waals surface area contributed by atoms with Crippen LogP contribution in [0.2, 0.25) is 0 Å². The van der Waals surface area contributed by atoms with E-state index < -0.39 is 0 Å². The maximum Gasteiger partial charge on any atom is 0.0985 e. The van der Waals surface area contributed by atoms with Gasteiger partial charge >= 0.3 is 0 Å². The summed E-state index contributed by atoms with van der Waals surface area (Å²) in [5.41, 5.74) is 0. The predicted octanol–water partition coefficient (Wildman–Crippen LogP) is 2.91. The van der Waals surface area contributed by atoms with Gasteiger partial charge in [-0.3, -0.25) is 0 Å². The lowest BCUT2D eigenvalue weighted by atomic mass is 10.1. The molecule has 48 valence electrons. The molecule has 0 rings (SSSR count). The highest BCUT2D eigenvalue weighted by atomic mass is 19.1. The van der Waals surface area contributed by atoms with Gasteiger partial charge in [0.25, 0.3) is 0 Å². The highest BCUT2D eigenvalue weighted by Crippen LogP contribution is 2.13. The van der Waals surface area contributed by atoms with Gasteiger partial charge in [-0.2, -0.15) is 0 Å². The zero-order chi connectivity index (χ0) is 6.57. The number of halogens is 1. The molecule has 0 saturated heterocycles. The van der Waals surface area contributed by atoms with Gasteiger partial charge < -0.3 is 0 Å². The third kappa shape index (κ3) is 2.10. The summed E-state index contributed by atoms with van der Waals surface area (Å²) in [5.74, 6) is 0.118. The maximum absolute atomic E-state index is 12.4. The molecule has 0 bridgehead atoms. The summed E-state index contributed by atoms with van der Waals surface area (Å²) in [6, 6.07) is 0. The van der Waals surface area contributed by atoms with Crippen molar-refractivity contribution >= 4 is 0 Å². The van der Waals surface area contributed by atoms with Gasteiger partial charge in [0, 0.05) is 5.92 Å². The monoisotopic (exact) mass is 116 g/mol. The first kappa shape index (κ1) is 7.67. The first-order valence-corrected chi connectivity index (χ1v) is 3.04. The van der Waals surface area contributed by atoms with Crippen LogP contribution in [0.1, 0.15) is 27.2 Å². The fourth-order valence-corrected chi connectivity index (χ4v) is 0.480. The molecule has 0 aliphatic rings. The topological polar surface area (TPSA) is 0 Å². The van der Waals surface area contributed by atoms with E-state index in [0.717, 1.165) is 6.42 Å². The minimum atomic E-state index is 0.00694. The first-order valence-electron chi connectivity index (χ1n) is 3.04. The summed E-state index contributed by atoms with van der Waals surface area (Å²) in [6.45, 7) is 5.59. The van der Waals surface area contributed by atoms with E-state index in [9.17, 15) is 4.39 Å². The Morgan fingerprint density at radius 1 is 1.75 bits per heavy atom. The van der Waals surface area contributed by atoms with Crippen LogP contribution in [0.25, 0.3) is 0 Å². The van der Waals surface area contributed by atoms with Crippen LogP contribution in [0.4, 0.5) is 4.39 Å². The van der Waals surface area contributed by atoms with Gasteiger partial charge in [0.15, 0.2) is 0 Å². The Morgan fingerprint density at radius 3 is 2.38 bits per heavy atom. The molecule has 0 fully saturated rings. The van der Waals surface area contributed by atoms with Gasteiger partial charge in [-0.25, -0.2) is 4.39 Å². The van der Waals surface area contributed by atoms with E-state index in [2.05, 4.69) is 0 Å². The molecule has 0 amide bonds. The first-order chi connectivity index (χ1) is 3.72. The third-order valence-corrected chi connectivity index (χ3v) is 1.36. The molecule has 0 aromatic heterocycles. The van der Waals surface area contributed by atoms with Crippen LogP contribution in [0.3, 0.4) is 0 Å². The molecule has 0 aromatic rings. The van der Waals surface area contributed by atoms with Crippen LogP contribution in [0.15, 0.2) is 11.9 Å². The Kier molecular flexibility index (Phi) is 3.49. The molecule has 1 unspecified atom stereocenters. The molecular weight excluding hydrogens is 103 g/mol. The number of hydrogen-bond acceptors (Lipinski definition) is 0. The molecule has 0 N–H and O–H groups in total. The van der Waals surface area contributed by atoms with Crippen molar-refractivity contribution < 1.29 is 4.39 Å². The average molecular weight is 116 g/mol. The molecule has 0 aliphatic carbocycles. The summed E-state index contributed by atoms with van der Waals surface area (Å²) >= 11 is 0. The van der Waals surface area contributed by atoms with Crippen LogP contribution in [-0.2, 0) is 0 Å². The Morgan fingerprint density at radius 2 is 2.25 bits per heavy atom. The lowest BCUT2D eigenvalue weighted by Gasteiger charge is -2.01. The van der Waals surface area contributed by atoms with Crippen LogP contribution in [-0.4, -0.2) is 0 Å². The molecule has 0 nitrogen and oxygen atoms in total. The molecule has 0 saturated carbocycles.